The largest absolute Gasteiger partial charge is 0.352 e. The van der Waals surface area contributed by atoms with Crippen molar-refractivity contribution in [2.75, 3.05) is 6.54 Å². The van der Waals surface area contributed by atoms with Crippen molar-refractivity contribution in [3.63, 3.8) is 0 Å². The smallest absolute Gasteiger partial charge is 0.242 e. The third kappa shape index (κ3) is 5.49. The first-order chi connectivity index (χ1) is 8.49. The molecule has 1 saturated carbocycles. The lowest BCUT2D eigenvalue weighted by atomic mass is 10.2. The highest BCUT2D eigenvalue weighted by molar-refractivity contribution is 5.88. The van der Waals surface area contributed by atoms with Crippen molar-refractivity contribution >= 4 is 11.8 Å². The molecule has 0 aromatic carbocycles. The molecule has 1 fully saturated rings. The molecule has 2 amide bonds. The number of hydrogen-bond donors (Lipinski definition) is 3. The average molecular weight is 255 g/mol. The van der Waals surface area contributed by atoms with Crippen LogP contribution in [0.4, 0.5) is 0 Å². The minimum atomic E-state index is -0.481. The van der Waals surface area contributed by atoms with Crippen LogP contribution in [-0.2, 0) is 9.59 Å². The summed E-state index contributed by atoms with van der Waals surface area (Å²) in [5.41, 5.74) is 0. The van der Waals surface area contributed by atoms with Crippen LogP contribution in [0.15, 0.2) is 0 Å². The van der Waals surface area contributed by atoms with Gasteiger partial charge in [-0.15, -0.1) is 0 Å². The first-order valence-electron chi connectivity index (χ1n) is 6.82. The summed E-state index contributed by atoms with van der Waals surface area (Å²) < 4.78 is 0. The van der Waals surface area contributed by atoms with Crippen LogP contribution in [-0.4, -0.2) is 36.5 Å². The molecule has 104 valence electrons. The van der Waals surface area contributed by atoms with E-state index in [0.29, 0.717) is 12.6 Å². The van der Waals surface area contributed by atoms with Crippen LogP contribution in [0.5, 0.6) is 0 Å². The van der Waals surface area contributed by atoms with Gasteiger partial charge in [0.1, 0.15) is 6.04 Å². The average Bonchev–Trinajstić information content (AvgIpc) is 2.78. The van der Waals surface area contributed by atoms with Gasteiger partial charge in [0.05, 0.1) is 6.54 Å². The van der Waals surface area contributed by atoms with Crippen LogP contribution in [0.3, 0.4) is 0 Å². The van der Waals surface area contributed by atoms with Gasteiger partial charge in [-0.2, -0.15) is 0 Å². The molecule has 1 rings (SSSR count). The van der Waals surface area contributed by atoms with Crippen molar-refractivity contribution in [1.29, 1.82) is 0 Å². The van der Waals surface area contributed by atoms with Gasteiger partial charge in [0.25, 0.3) is 0 Å². The van der Waals surface area contributed by atoms with Crippen molar-refractivity contribution < 1.29 is 9.59 Å². The Hall–Kier alpha value is -1.10. The van der Waals surface area contributed by atoms with E-state index in [1.165, 1.54) is 12.8 Å². The number of hydrogen-bond acceptors (Lipinski definition) is 3. The Labute approximate surface area is 109 Å². The summed E-state index contributed by atoms with van der Waals surface area (Å²) in [6, 6.07) is 0.0780. The van der Waals surface area contributed by atoms with Crippen LogP contribution in [0, 0.1) is 0 Å². The molecule has 0 radical (unpaired) electrons. The summed E-state index contributed by atoms with van der Waals surface area (Å²) in [5, 5.41) is 8.69. The van der Waals surface area contributed by atoms with Crippen molar-refractivity contribution in [2.24, 2.45) is 0 Å². The van der Waals surface area contributed by atoms with Gasteiger partial charge in [-0.3, -0.25) is 9.59 Å². The third-order valence-corrected chi connectivity index (χ3v) is 3.11. The molecule has 0 aromatic rings. The standard InChI is InChI=1S/C13H25N3O2/c1-9(2)15-13(18)10(3)16-12(17)8-14-11-6-4-5-7-11/h9-11,14H,4-8H2,1-3H3,(H,15,18)(H,16,17). The third-order valence-electron chi connectivity index (χ3n) is 3.11. The van der Waals surface area contributed by atoms with Crippen molar-refractivity contribution in [3.8, 4) is 0 Å². The molecule has 0 spiro atoms. The minimum Gasteiger partial charge on any atom is -0.352 e. The first kappa shape index (κ1) is 15.0. The van der Waals surface area contributed by atoms with Gasteiger partial charge < -0.3 is 16.0 Å². The van der Waals surface area contributed by atoms with Gasteiger partial charge in [-0.25, -0.2) is 0 Å². The monoisotopic (exact) mass is 255 g/mol. The summed E-state index contributed by atoms with van der Waals surface area (Å²) in [6.45, 7) is 5.79. The predicted octanol–water partition coefficient (Wildman–Crippen LogP) is 0.548. The summed E-state index contributed by atoms with van der Waals surface area (Å²) in [4.78, 5) is 23.2. The highest BCUT2D eigenvalue weighted by Gasteiger charge is 2.18. The molecule has 1 atom stereocenters. The number of carbonyl (C=O) groups excluding carboxylic acids is 2. The van der Waals surface area contributed by atoms with E-state index in [1.807, 2.05) is 13.8 Å². The molecule has 5 heteroatoms. The number of rotatable bonds is 6. The second-order valence-electron chi connectivity index (χ2n) is 5.31. The van der Waals surface area contributed by atoms with E-state index in [1.54, 1.807) is 6.92 Å². The zero-order valence-electron chi connectivity index (χ0n) is 11.6. The second-order valence-corrected chi connectivity index (χ2v) is 5.31. The predicted molar refractivity (Wildman–Crippen MR) is 71.1 cm³/mol. The number of carbonyl (C=O) groups is 2. The second kappa shape index (κ2) is 7.36. The molecule has 5 nitrogen and oxygen atoms in total. The molecule has 1 aliphatic rings. The normalized spacial score (nSPS) is 17.8. The first-order valence-corrected chi connectivity index (χ1v) is 6.82. The highest BCUT2D eigenvalue weighted by Crippen LogP contribution is 2.17. The zero-order valence-corrected chi connectivity index (χ0v) is 11.6. The van der Waals surface area contributed by atoms with E-state index in [-0.39, 0.29) is 17.9 Å². The zero-order chi connectivity index (χ0) is 13.5. The molecule has 0 bridgehead atoms. The van der Waals surface area contributed by atoms with Gasteiger partial charge in [0.15, 0.2) is 0 Å². The molecule has 18 heavy (non-hydrogen) atoms. The van der Waals surface area contributed by atoms with Crippen LogP contribution in [0.25, 0.3) is 0 Å². The molecule has 0 aromatic heterocycles. The molecular formula is C13H25N3O2. The highest BCUT2D eigenvalue weighted by atomic mass is 16.2. The van der Waals surface area contributed by atoms with Crippen LogP contribution in [0.1, 0.15) is 46.5 Å². The maximum absolute atomic E-state index is 11.6. The van der Waals surface area contributed by atoms with Crippen molar-refractivity contribution in [1.82, 2.24) is 16.0 Å². The number of nitrogens with one attached hydrogen (secondary N) is 3. The molecule has 0 heterocycles. The van der Waals surface area contributed by atoms with E-state index >= 15 is 0 Å². The van der Waals surface area contributed by atoms with Crippen LogP contribution >= 0.6 is 0 Å². The Morgan fingerprint density at radius 1 is 1.11 bits per heavy atom. The Bertz CT molecular complexity index is 286. The molecule has 1 unspecified atom stereocenters. The Kier molecular flexibility index (Phi) is 6.12. The summed E-state index contributed by atoms with van der Waals surface area (Å²) in [7, 11) is 0. The van der Waals surface area contributed by atoms with E-state index < -0.39 is 6.04 Å². The minimum absolute atomic E-state index is 0.0912. The SMILES string of the molecule is CC(C)NC(=O)C(C)NC(=O)CNC1CCCC1. The van der Waals surface area contributed by atoms with Gasteiger partial charge in [-0.1, -0.05) is 12.8 Å². The maximum atomic E-state index is 11.6. The molecule has 0 saturated heterocycles. The summed E-state index contributed by atoms with van der Waals surface area (Å²) >= 11 is 0. The molecule has 1 aliphatic carbocycles. The summed E-state index contributed by atoms with van der Waals surface area (Å²) in [6.07, 6.45) is 4.78. The van der Waals surface area contributed by atoms with E-state index in [0.717, 1.165) is 12.8 Å². The van der Waals surface area contributed by atoms with Gasteiger partial charge >= 0.3 is 0 Å². The van der Waals surface area contributed by atoms with Crippen molar-refractivity contribution in [2.45, 2.75) is 64.6 Å². The molecular weight excluding hydrogens is 230 g/mol. The topological polar surface area (TPSA) is 70.2 Å². The van der Waals surface area contributed by atoms with Gasteiger partial charge in [-0.05, 0) is 33.6 Å². The van der Waals surface area contributed by atoms with Crippen LogP contribution in [0.2, 0.25) is 0 Å². The fourth-order valence-electron chi connectivity index (χ4n) is 2.13. The Morgan fingerprint density at radius 2 is 1.72 bits per heavy atom. The Morgan fingerprint density at radius 3 is 2.28 bits per heavy atom. The van der Waals surface area contributed by atoms with E-state index in [9.17, 15) is 9.59 Å². The quantitative estimate of drug-likeness (QED) is 0.649. The fraction of sp³-hybridized carbons (Fsp3) is 0.846. The lowest BCUT2D eigenvalue weighted by Gasteiger charge is -2.17. The Balaban J connectivity index is 2.19. The summed E-state index contributed by atoms with van der Waals surface area (Å²) in [5.74, 6) is -0.257. The van der Waals surface area contributed by atoms with Gasteiger partial charge in [0, 0.05) is 12.1 Å². The van der Waals surface area contributed by atoms with Gasteiger partial charge in [0.2, 0.25) is 11.8 Å². The lowest BCUT2D eigenvalue weighted by molar-refractivity contribution is -0.128. The maximum Gasteiger partial charge on any atom is 0.242 e. The van der Waals surface area contributed by atoms with Crippen LogP contribution < -0.4 is 16.0 Å². The fourth-order valence-corrected chi connectivity index (χ4v) is 2.13. The van der Waals surface area contributed by atoms with Crippen molar-refractivity contribution in [3.05, 3.63) is 0 Å². The lowest BCUT2D eigenvalue weighted by Crippen LogP contribution is -2.49. The molecule has 0 aliphatic heterocycles. The molecule has 3 N–H and O–H groups in total. The number of amides is 2. The van der Waals surface area contributed by atoms with E-state index in [4.69, 9.17) is 0 Å². The van der Waals surface area contributed by atoms with E-state index in [2.05, 4.69) is 16.0 Å².